The Morgan fingerprint density at radius 1 is 0.727 bits per heavy atom. The van der Waals surface area contributed by atoms with Crippen LogP contribution in [0.15, 0.2) is 0 Å². The summed E-state index contributed by atoms with van der Waals surface area (Å²) in [7, 11) is -6.98. The second kappa shape index (κ2) is 12.8. The molecule has 2 fully saturated rings. The lowest BCUT2D eigenvalue weighted by Crippen LogP contribution is -2.59. The fourth-order valence-corrected chi connectivity index (χ4v) is 23.2. The van der Waals surface area contributed by atoms with Crippen LogP contribution in [0.4, 0.5) is 0 Å². The Balaban J connectivity index is 2.06. The van der Waals surface area contributed by atoms with Crippen LogP contribution in [0.1, 0.15) is 71.1 Å². The Morgan fingerprint density at radius 3 is 1.97 bits per heavy atom. The average molecular weight is 535 g/mol. The maximum Gasteiger partial charge on any atom is 0.322 e. The SMILES string of the molecule is CCCCCCCC[Si](C)(O[Si](C)(C)C)O[Si](C)(CCC1CCC2OC2C1)O[Si](C)(C)OC. The van der Waals surface area contributed by atoms with E-state index in [0.717, 1.165) is 18.0 Å². The molecule has 0 radical (unpaired) electrons. The molecule has 1 saturated heterocycles. The van der Waals surface area contributed by atoms with E-state index in [0.29, 0.717) is 12.2 Å². The summed E-state index contributed by atoms with van der Waals surface area (Å²) < 4.78 is 32.5. The number of unbranched alkanes of at least 4 members (excludes halogenated alkanes) is 5. The zero-order chi connectivity index (χ0) is 24.8. The van der Waals surface area contributed by atoms with Crippen LogP contribution in [-0.2, 0) is 21.5 Å². The first-order valence-corrected chi connectivity index (χ1v) is 24.9. The standard InChI is InChI=1S/C24H54O5Si4/c1-10-11-12-13-14-15-19-32(8,27-30(3,4)5)29-33(9,28-31(6,7)25-2)20-18-22-16-17-23-24(21-22)26-23/h22-24H,10-21H2,1-9H3. The summed E-state index contributed by atoms with van der Waals surface area (Å²) in [6, 6.07) is 2.11. The molecule has 1 aliphatic heterocycles. The second-order valence-electron chi connectivity index (χ2n) is 12.2. The number of hydrogen-bond acceptors (Lipinski definition) is 5. The van der Waals surface area contributed by atoms with E-state index in [2.05, 4.69) is 52.8 Å². The van der Waals surface area contributed by atoms with Gasteiger partial charge < -0.3 is 21.5 Å². The highest BCUT2D eigenvalue weighted by molar-refractivity contribution is 6.89. The van der Waals surface area contributed by atoms with E-state index < -0.39 is 34.0 Å². The van der Waals surface area contributed by atoms with Crippen molar-refractivity contribution in [3.05, 3.63) is 0 Å². The van der Waals surface area contributed by atoms with E-state index in [-0.39, 0.29) is 0 Å². The van der Waals surface area contributed by atoms with Gasteiger partial charge in [-0.15, -0.1) is 0 Å². The fraction of sp³-hybridized carbons (Fsp3) is 1.00. The van der Waals surface area contributed by atoms with Crippen LogP contribution in [-0.4, -0.2) is 53.3 Å². The van der Waals surface area contributed by atoms with Crippen LogP contribution in [0.3, 0.4) is 0 Å². The molecule has 2 aliphatic rings. The van der Waals surface area contributed by atoms with Crippen molar-refractivity contribution in [3.8, 4) is 0 Å². The Hall–Kier alpha value is 0.668. The van der Waals surface area contributed by atoms with Gasteiger partial charge in [0.2, 0.25) is 0 Å². The molecule has 0 aromatic heterocycles. The Labute approximate surface area is 209 Å². The highest BCUT2D eigenvalue weighted by Crippen LogP contribution is 2.42. The van der Waals surface area contributed by atoms with Gasteiger partial charge >= 0.3 is 25.7 Å². The third kappa shape index (κ3) is 11.5. The van der Waals surface area contributed by atoms with Gasteiger partial charge in [-0.1, -0.05) is 45.4 Å². The number of epoxide rings is 1. The first kappa shape index (κ1) is 29.9. The molecule has 5 atom stereocenters. The van der Waals surface area contributed by atoms with Crippen molar-refractivity contribution in [1.29, 1.82) is 0 Å². The molecule has 2 rings (SSSR count). The summed E-state index contributed by atoms with van der Waals surface area (Å²) in [5, 5.41) is 0. The molecule has 1 aliphatic carbocycles. The van der Waals surface area contributed by atoms with Gasteiger partial charge in [-0.05, 0) is 89.5 Å². The highest BCUT2D eigenvalue weighted by atomic mass is 28.5. The number of rotatable bonds is 17. The predicted molar refractivity (Wildman–Crippen MR) is 148 cm³/mol. The van der Waals surface area contributed by atoms with Crippen LogP contribution in [0.2, 0.25) is 57.9 Å². The fourth-order valence-electron chi connectivity index (χ4n) is 5.35. The molecule has 0 aromatic rings. The first-order valence-electron chi connectivity index (χ1n) is 13.6. The molecule has 5 unspecified atom stereocenters. The smallest absolute Gasteiger partial charge is 0.322 e. The lowest BCUT2D eigenvalue weighted by Gasteiger charge is -2.43. The van der Waals surface area contributed by atoms with E-state index in [1.165, 1.54) is 64.2 Å². The number of hydrogen-bond donors (Lipinski definition) is 0. The van der Waals surface area contributed by atoms with Crippen molar-refractivity contribution in [1.82, 2.24) is 0 Å². The molecule has 0 N–H and O–H groups in total. The summed E-state index contributed by atoms with van der Waals surface area (Å²) >= 11 is 0. The van der Waals surface area contributed by atoms with Gasteiger partial charge in [-0.3, -0.25) is 0 Å². The molecular formula is C24H54O5Si4. The lowest BCUT2D eigenvalue weighted by atomic mass is 9.88. The van der Waals surface area contributed by atoms with Gasteiger partial charge in [-0.2, -0.15) is 0 Å². The van der Waals surface area contributed by atoms with Crippen molar-refractivity contribution in [2.24, 2.45) is 5.92 Å². The highest BCUT2D eigenvalue weighted by Gasteiger charge is 2.49. The number of fused-ring (bicyclic) bond motifs is 1. The van der Waals surface area contributed by atoms with Crippen LogP contribution >= 0.6 is 0 Å². The largest absolute Gasteiger partial charge is 0.437 e. The summed E-state index contributed by atoms with van der Waals surface area (Å²) in [6.07, 6.45) is 13.8. The van der Waals surface area contributed by atoms with Gasteiger partial charge in [-0.25, -0.2) is 0 Å². The van der Waals surface area contributed by atoms with Crippen molar-refractivity contribution in [3.63, 3.8) is 0 Å². The summed E-state index contributed by atoms with van der Waals surface area (Å²) in [4.78, 5) is 0. The Kier molecular flexibility index (Phi) is 11.6. The monoisotopic (exact) mass is 534 g/mol. The molecule has 5 nitrogen and oxygen atoms in total. The Morgan fingerprint density at radius 2 is 1.36 bits per heavy atom. The van der Waals surface area contributed by atoms with Crippen LogP contribution in [0, 0.1) is 5.92 Å². The molecule has 1 saturated carbocycles. The molecule has 0 aromatic carbocycles. The molecular weight excluding hydrogens is 481 g/mol. The summed E-state index contributed by atoms with van der Waals surface area (Å²) in [6.45, 7) is 18.1. The Bertz CT molecular complexity index is 588. The molecule has 9 heteroatoms. The van der Waals surface area contributed by atoms with Gasteiger partial charge in [0.1, 0.15) is 0 Å². The molecule has 0 amide bonds. The van der Waals surface area contributed by atoms with E-state index in [1.54, 1.807) is 7.11 Å². The molecule has 0 bridgehead atoms. The van der Waals surface area contributed by atoms with Gasteiger partial charge in [0.15, 0.2) is 8.32 Å². The summed E-state index contributed by atoms with van der Waals surface area (Å²) in [5.41, 5.74) is 0. The number of ether oxygens (including phenoxy) is 1. The minimum Gasteiger partial charge on any atom is -0.437 e. The third-order valence-electron chi connectivity index (χ3n) is 7.01. The molecule has 33 heavy (non-hydrogen) atoms. The first-order chi connectivity index (χ1) is 15.3. The topological polar surface area (TPSA) is 49.5 Å². The van der Waals surface area contributed by atoms with Crippen molar-refractivity contribution in [2.75, 3.05) is 7.11 Å². The maximum absolute atomic E-state index is 7.19. The zero-order valence-electron chi connectivity index (χ0n) is 23.3. The average Bonchev–Trinajstić information content (AvgIpc) is 3.46. The van der Waals surface area contributed by atoms with E-state index in [9.17, 15) is 0 Å². The minimum atomic E-state index is -2.46. The van der Waals surface area contributed by atoms with E-state index in [4.69, 9.17) is 21.5 Å². The lowest BCUT2D eigenvalue weighted by molar-refractivity contribution is 0.253. The van der Waals surface area contributed by atoms with Crippen LogP contribution < -0.4 is 0 Å². The van der Waals surface area contributed by atoms with Crippen molar-refractivity contribution < 1.29 is 21.5 Å². The van der Waals surface area contributed by atoms with Gasteiger partial charge in [0.25, 0.3) is 0 Å². The quantitative estimate of drug-likeness (QED) is 0.109. The molecule has 1 heterocycles. The van der Waals surface area contributed by atoms with Gasteiger partial charge in [0.05, 0.1) is 12.2 Å². The van der Waals surface area contributed by atoms with Crippen molar-refractivity contribution >= 4 is 34.0 Å². The van der Waals surface area contributed by atoms with Gasteiger partial charge in [0, 0.05) is 7.11 Å². The minimum absolute atomic E-state index is 0.533. The zero-order valence-corrected chi connectivity index (χ0v) is 27.3. The van der Waals surface area contributed by atoms with Crippen molar-refractivity contribution in [2.45, 2.75) is 141 Å². The maximum atomic E-state index is 7.19. The van der Waals surface area contributed by atoms with Crippen LogP contribution in [0.25, 0.3) is 0 Å². The van der Waals surface area contributed by atoms with E-state index >= 15 is 0 Å². The van der Waals surface area contributed by atoms with E-state index in [1.807, 2.05) is 0 Å². The normalized spacial score (nSPS) is 27.0. The third-order valence-corrected chi connectivity index (χ3v) is 21.8. The predicted octanol–water partition coefficient (Wildman–Crippen LogP) is 7.68. The summed E-state index contributed by atoms with van der Waals surface area (Å²) in [5.74, 6) is 0.740. The second-order valence-corrected chi connectivity index (χ2v) is 27.7. The van der Waals surface area contributed by atoms with Crippen LogP contribution in [0.5, 0.6) is 0 Å². The molecule has 0 spiro atoms. The molecule has 196 valence electrons.